The molecule has 0 aliphatic heterocycles. The normalized spacial score (nSPS) is 17.7. The van der Waals surface area contributed by atoms with Crippen LogP contribution in [0.2, 0.25) is 0 Å². The predicted octanol–water partition coefficient (Wildman–Crippen LogP) is 8.66. The summed E-state index contributed by atoms with van der Waals surface area (Å²) >= 11 is 0. The number of fused-ring (bicyclic) bond motifs is 1. The minimum atomic E-state index is -0.0137. The first kappa shape index (κ1) is 25.1. The van der Waals surface area contributed by atoms with E-state index in [9.17, 15) is 10.5 Å². The Morgan fingerprint density at radius 2 is 1.50 bits per heavy atom. The molecule has 3 aromatic rings. The number of methoxy groups -OCH3 is 1. The van der Waals surface area contributed by atoms with E-state index >= 15 is 0 Å². The van der Waals surface area contributed by atoms with E-state index in [1.807, 2.05) is 36.4 Å². The number of para-hydroxylation sites is 2. The third kappa shape index (κ3) is 4.74. The summed E-state index contributed by atoms with van der Waals surface area (Å²) in [4.78, 5) is 2.23. The Bertz CT molecular complexity index is 1460. The Labute approximate surface area is 225 Å². The van der Waals surface area contributed by atoms with Crippen LogP contribution in [0.25, 0.3) is 5.57 Å². The summed E-state index contributed by atoms with van der Waals surface area (Å²) < 4.78 is 5.95. The van der Waals surface area contributed by atoms with Gasteiger partial charge in [0.1, 0.15) is 23.5 Å². The zero-order valence-corrected chi connectivity index (χ0v) is 22.1. The van der Waals surface area contributed by atoms with Gasteiger partial charge in [-0.3, -0.25) is 0 Å². The molecule has 0 fully saturated rings. The number of ether oxygens (including phenoxy) is 1. The third-order valence-electron chi connectivity index (χ3n) is 7.74. The lowest BCUT2D eigenvalue weighted by Gasteiger charge is -2.42. The lowest BCUT2D eigenvalue weighted by Crippen LogP contribution is -2.31. The van der Waals surface area contributed by atoms with Crippen molar-refractivity contribution in [3.8, 4) is 17.9 Å². The van der Waals surface area contributed by atoms with E-state index in [4.69, 9.17) is 4.74 Å². The maximum atomic E-state index is 9.48. The molecule has 2 aliphatic rings. The highest BCUT2D eigenvalue weighted by atomic mass is 16.5. The van der Waals surface area contributed by atoms with Crippen LogP contribution in [-0.2, 0) is 0 Å². The van der Waals surface area contributed by atoms with Crippen molar-refractivity contribution in [1.29, 1.82) is 10.5 Å². The standard InChI is InChI=1S/C34H31N3O/c1-34(2)21-26(27(22-35)23-36)19-25-18-24(14-17-32(25)34)31-16-15-30(20-33(31)38-3)37(28-10-6-4-7-11-28)29-12-8-5-9-13-29/h4-13,15-16,18-20,32H,14,17,21H2,1-3H3. The number of nitrogens with zero attached hydrogens (tertiary/aromatic N) is 3. The van der Waals surface area contributed by atoms with Crippen LogP contribution in [0.15, 0.2) is 108 Å². The van der Waals surface area contributed by atoms with Crippen LogP contribution in [0.5, 0.6) is 5.75 Å². The van der Waals surface area contributed by atoms with Gasteiger partial charge in [-0.05, 0) is 83.7 Å². The summed E-state index contributed by atoms with van der Waals surface area (Å²) in [7, 11) is 1.72. The van der Waals surface area contributed by atoms with Gasteiger partial charge in [-0.1, -0.05) is 62.4 Å². The predicted molar refractivity (Wildman–Crippen MR) is 153 cm³/mol. The van der Waals surface area contributed by atoms with Crippen molar-refractivity contribution in [2.24, 2.45) is 11.3 Å². The first-order valence-corrected chi connectivity index (χ1v) is 13.0. The Morgan fingerprint density at radius 3 is 2.08 bits per heavy atom. The number of anilines is 3. The highest BCUT2D eigenvalue weighted by molar-refractivity contribution is 5.81. The maximum Gasteiger partial charge on any atom is 0.132 e. The SMILES string of the molecule is COc1cc(N(c2ccccc2)c2ccccc2)ccc1C1=CC2=CC(=C(C#N)C#N)CC(C)(C)C2CC1. The minimum Gasteiger partial charge on any atom is -0.496 e. The van der Waals surface area contributed by atoms with Crippen LogP contribution in [0.4, 0.5) is 17.1 Å². The molecule has 0 saturated heterocycles. The molecule has 0 amide bonds. The van der Waals surface area contributed by atoms with E-state index in [1.165, 1.54) is 11.1 Å². The van der Waals surface area contributed by atoms with Crippen molar-refractivity contribution in [2.45, 2.75) is 33.1 Å². The second kappa shape index (κ2) is 10.4. The number of hydrogen-bond donors (Lipinski definition) is 0. The van der Waals surface area contributed by atoms with Gasteiger partial charge >= 0.3 is 0 Å². The van der Waals surface area contributed by atoms with Gasteiger partial charge in [0.2, 0.25) is 0 Å². The topological polar surface area (TPSA) is 60.0 Å². The summed E-state index contributed by atoms with van der Waals surface area (Å²) in [5.74, 6) is 1.22. The molecule has 0 bridgehead atoms. The Kier molecular flexibility index (Phi) is 6.91. The van der Waals surface area contributed by atoms with Crippen molar-refractivity contribution in [1.82, 2.24) is 0 Å². The van der Waals surface area contributed by atoms with Gasteiger partial charge < -0.3 is 9.64 Å². The molecule has 0 spiro atoms. The number of rotatable bonds is 5. The fourth-order valence-electron chi connectivity index (χ4n) is 5.92. The molecule has 5 rings (SSSR count). The quantitative estimate of drug-likeness (QED) is 0.331. The maximum absolute atomic E-state index is 9.48. The van der Waals surface area contributed by atoms with Crippen molar-refractivity contribution in [2.75, 3.05) is 12.0 Å². The van der Waals surface area contributed by atoms with Crippen LogP contribution in [-0.4, -0.2) is 7.11 Å². The van der Waals surface area contributed by atoms with Crippen molar-refractivity contribution >= 4 is 22.6 Å². The smallest absolute Gasteiger partial charge is 0.132 e. The summed E-state index contributed by atoms with van der Waals surface area (Å²) in [6.07, 6.45) is 7.05. The van der Waals surface area contributed by atoms with E-state index in [0.29, 0.717) is 5.92 Å². The van der Waals surface area contributed by atoms with Crippen LogP contribution in [0.3, 0.4) is 0 Å². The lowest BCUT2D eigenvalue weighted by atomic mass is 9.62. The van der Waals surface area contributed by atoms with Gasteiger partial charge in [0, 0.05) is 28.7 Å². The van der Waals surface area contributed by atoms with Gasteiger partial charge in [-0.25, -0.2) is 0 Å². The van der Waals surface area contributed by atoms with Crippen LogP contribution >= 0.6 is 0 Å². The Balaban J connectivity index is 1.58. The van der Waals surface area contributed by atoms with Crippen molar-refractivity contribution in [3.05, 3.63) is 113 Å². The number of nitriles is 2. The van der Waals surface area contributed by atoms with Crippen LogP contribution in [0.1, 0.15) is 38.7 Å². The highest BCUT2D eigenvalue weighted by Crippen LogP contribution is 2.51. The summed E-state index contributed by atoms with van der Waals surface area (Å²) in [5.41, 5.74) is 7.71. The Hall–Kier alpha value is -4.54. The average Bonchev–Trinajstić information content (AvgIpc) is 2.94. The molecule has 0 aromatic heterocycles. The van der Waals surface area contributed by atoms with Gasteiger partial charge in [0.25, 0.3) is 0 Å². The molecular weight excluding hydrogens is 466 g/mol. The molecule has 0 N–H and O–H groups in total. The average molecular weight is 498 g/mol. The molecule has 1 atom stereocenters. The van der Waals surface area contributed by atoms with Crippen molar-refractivity contribution < 1.29 is 4.74 Å². The van der Waals surface area contributed by atoms with Crippen molar-refractivity contribution in [3.63, 3.8) is 0 Å². The molecule has 3 aromatic carbocycles. The monoisotopic (exact) mass is 497 g/mol. The molecule has 4 heteroatoms. The number of hydrogen-bond acceptors (Lipinski definition) is 4. The van der Waals surface area contributed by atoms with E-state index in [-0.39, 0.29) is 11.0 Å². The molecule has 188 valence electrons. The van der Waals surface area contributed by atoms with Gasteiger partial charge in [-0.15, -0.1) is 0 Å². The molecule has 0 saturated carbocycles. The van der Waals surface area contributed by atoms with Crippen LogP contribution < -0.4 is 9.64 Å². The zero-order valence-electron chi connectivity index (χ0n) is 22.1. The largest absolute Gasteiger partial charge is 0.496 e. The summed E-state index contributed by atoms with van der Waals surface area (Å²) in [6, 6.07) is 31.3. The lowest BCUT2D eigenvalue weighted by molar-refractivity contribution is 0.227. The van der Waals surface area contributed by atoms with E-state index in [0.717, 1.165) is 53.2 Å². The Morgan fingerprint density at radius 1 is 0.868 bits per heavy atom. The van der Waals surface area contributed by atoms with Gasteiger partial charge in [0.05, 0.1) is 7.11 Å². The molecule has 0 heterocycles. The molecule has 4 nitrogen and oxygen atoms in total. The molecule has 0 radical (unpaired) electrons. The first-order valence-electron chi connectivity index (χ1n) is 13.0. The molecule has 38 heavy (non-hydrogen) atoms. The number of benzene rings is 3. The van der Waals surface area contributed by atoms with Gasteiger partial charge in [-0.2, -0.15) is 10.5 Å². The van der Waals surface area contributed by atoms with E-state index in [2.05, 4.69) is 85.5 Å². The van der Waals surface area contributed by atoms with Crippen LogP contribution in [0, 0.1) is 34.0 Å². The van der Waals surface area contributed by atoms with E-state index < -0.39 is 0 Å². The fraction of sp³-hybridized carbons (Fsp3) is 0.235. The third-order valence-corrected chi connectivity index (χ3v) is 7.74. The highest BCUT2D eigenvalue weighted by Gasteiger charge is 2.38. The fourth-order valence-corrected chi connectivity index (χ4v) is 5.92. The second-order valence-electron chi connectivity index (χ2n) is 10.6. The summed E-state index contributed by atoms with van der Waals surface area (Å²) in [6.45, 7) is 4.49. The molecule has 1 unspecified atom stereocenters. The van der Waals surface area contributed by atoms with E-state index in [1.54, 1.807) is 7.11 Å². The van der Waals surface area contributed by atoms with Gasteiger partial charge in [0.15, 0.2) is 0 Å². The second-order valence-corrected chi connectivity index (χ2v) is 10.6. The zero-order chi connectivity index (χ0) is 26.7. The first-order chi connectivity index (χ1) is 18.4. The molecular formula is C34H31N3O. The molecule has 2 aliphatic carbocycles. The number of allylic oxidation sites excluding steroid dienone is 6. The summed E-state index contributed by atoms with van der Waals surface area (Å²) in [5, 5.41) is 19.0. The minimum absolute atomic E-state index is 0.0137.